The molecule has 0 atom stereocenters. The molecule has 0 aliphatic heterocycles. The summed E-state index contributed by atoms with van der Waals surface area (Å²) in [7, 11) is 0.866. The Bertz CT molecular complexity index is 2330. The average molecular weight is 875 g/mol. The van der Waals surface area contributed by atoms with Crippen molar-refractivity contribution < 1.29 is 78.4 Å². The molecule has 0 unspecified atom stereocenters. The molecule has 0 aliphatic rings. The van der Waals surface area contributed by atoms with Gasteiger partial charge in [0.05, 0.1) is 11.1 Å². The lowest BCUT2D eigenvalue weighted by atomic mass is 10.0. The molecule has 10 nitrogen and oxygen atoms in total. The number of benzene rings is 4. The predicted molar refractivity (Wildman–Crippen MR) is 171 cm³/mol. The van der Waals surface area contributed by atoms with Gasteiger partial charge < -0.3 is 30.3 Å². The van der Waals surface area contributed by atoms with Gasteiger partial charge in [0, 0.05) is 12.6 Å². The zero-order valence-electron chi connectivity index (χ0n) is 25.6. The van der Waals surface area contributed by atoms with Gasteiger partial charge in [-0.1, -0.05) is 58.0 Å². The number of halogens is 14. The quantitative estimate of drug-likeness (QED) is 0.0737. The minimum atomic E-state index is -2.53. The van der Waals surface area contributed by atoms with Gasteiger partial charge in [0.15, 0.2) is 52.2 Å². The van der Waals surface area contributed by atoms with E-state index in [1.54, 1.807) is 5.32 Å². The smallest absolute Gasteiger partial charge is 0.339 e. The number of anilines is 1. The van der Waals surface area contributed by atoms with E-state index in [1.807, 2.05) is 0 Å². The van der Waals surface area contributed by atoms with Crippen molar-refractivity contribution in [2.45, 2.75) is 6.92 Å². The predicted octanol–water partition coefficient (Wildman–Crippen LogP) is 10.1. The topological polar surface area (TPSA) is 151 Å². The van der Waals surface area contributed by atoms with Gasteiger partial charge >= 0.3 is 11.9 Å². The molecule has 0 saturated carbocycles. The Morgan fingerprint density at radius 1 is 0.481 bits per heavy atom. The molecule has 54 heavy (non-hydrogen) atoms. The van der Waals surface area contributed by atoms with Crippen molar-refractivity contribution in [3.8, 4) is 23.0 Å². The summed E-state index contributed by atoms with van der Waals surface area (Å²) in [6.07, 6.45) is 0. The molecule has 0 bridgehead atoms. The van der Waals surface area contributed by atoms with E-state index in [9.17, 15) is 51.3 Å². The van der Waals surface area contributed by atoms with E-state index in [-0.39, 0.29) is 0 Å². The number of ether oxygens (including phenoxy) is 2. The maximum atomic E-state index is 15.9. The highest BCUT2D eigenvalue weighted by atomic mass is 35.5. The molecule has 0 saturated heterocycles. The van der Waals surface area contributed by atoms with Gasteiger partial charge in [0.1, 0.15) is 41.9 Å². The molecule has 4 rings (SSSR count). The van der Waals surface area contributed by atoms with Gasteiger partial charge in [-0.15, -0.1) is 0 Å². The van der Waals surface area contributed by atoms with Crippen molar-refractivity contribution in [2.24, 2.45) is 0 Å². The third-order valence-electron chi connectivity index (χ3n) is 6.98. The molecule has 24 heteroatoms. The van der Waals surface area contributed by atoms with Gasteiger partial charge in [-0.3, -0.25) is 9.59 Å². The van der Waals surface area contributed by atoms with Crippen LogP contribution in [-0.4, -0.2) is 41.0 Å². The van der Waals surface area contributed by atoms with Crippen LogP contribution in [0, 0.1) is 59.3 Å². The van der Waals surface area contributed by atoms with E-state index in [2.05, 4.69) is 0 Å². The zero-order valence-corrected chi connectivity index (χ0v) is 29.4. The number of amides is 2. The Balaban J connectivity index is 1.90. The van der Waals surface area contributed by atoms with Crippen molar-refractivity contribution in [3.05, 3.63) is 105 Å². The van der Waals surface area contributed by atoms with Gasteiger partial charge in [-0.2, -0.15) is 8.78 Å². The Morgan fingerprint density at radius 2 is 0.852 bits per heavy atom. The molecule has 0 aromatic heterocycles. The second-order valence-corrected chi connectivity index (χ2v) is 11.9. The average Bonchev–Trinajstić information content (AvgIpc) is 3.12. The van der Waals surface area contributed by atoms with Gasteiger partial charge in [-0.25, -0.2) is 40.3 Å². The number of carbonyl (C=O) groups excluding carboxylic acids is 2. The lowest BCUT2D eigenvalue weighted by molar-refractivity contribution is 0.0675. The van der Waals surface area contributed by atoms with E-state index >= 15 is 17.6 Å². The fourth-order valence-electron chi connectivity index (χ4n) is 4.42. The van der Waals surface area contributed by atoms with E-state index in [0.29, 0.717) is 0 Å². The lowest BCUT2D eigenvalue weighted by Crippen LogP contribution is -2.25. The van der Waals surface area contributed by atoms with E-state index in [0.717, 1.165) is 14.0 Å². The highest BCUT2D eigenvalue weighted by molar-refractivity contribution is 6.50. The number of nitrogens with one attached hydrogen (secondary N) is 2. The zero-order chi connectivity index (χ0) is 41.0. The Kier molecular flexibility index (Phi) is 12.0. The van der Waals surface area contributed by atoms with Crippen molar-refractivity contribution in [1.29, 1.82) is 0 Å². The first-order valence-corrected chi connectivity index (χ1v) is 15.4. The second-order valence-electron chi connectivity index (χ2n) is 10.1. The fourth-order valence-corrected chi connectivity index (χ4v) is 5.63. The molecular formula is C30H10Cl5F9N2O8. The maximum Gasteiger partial charge on any atom is 0.339 e. The monoisotopic (exact) mass is 872 g/mol. The van der Waals surface area contributed by atoms with Gasteiger partial charge in [0.2, 0.25) is 23.1 Å². The minimum Gasteiger partial charge on any atom is -0.478 e. The molecule has 0 radical (unpaired) electrons. The number of carbonyl (C=O) groups is 4. The molecular weight excluding hydrogens is 865 g/mol. The number of rotatable bonds is 9. The first-order chi connectivity index (χ1) is 25.0. The first kappa shape index (κ1) is 41.9. The summed E-state index contributed by atoms with van der Waals surface area (Å²) in [5.74, 6) is -34.7. The third kappa shape index (κ3) is 6.85. The van der Waals surface area contributed by atoms with Crippen LogP contribution in [0.4, 0.5) is 45.2 Å². The van der Waals surface area contributed by atoms with Crippen molar-refractivity contribution in [2.75, 3.05) is 12.4 Å². The molecule has 0 fully saturated rings. The molecule has 286 valence electrons. The van der Waals surface area contributed by atoms with Crippen LogP contribution in [0.15, 0.2) is 0 Å². The van der Waals surface area contributed by atoms with Crippen LogP contribution in [0.5, 0.6) is 23.0 Å². The molecule has 0 heterocycles. The largest absolute Gasteiger partial charge is 0.478 e. The van der Waals surface area contributed by atoms with Crippen LogP contribution in [0.2, 0.25) is 25.1 Å². The highest BCUT2D eigenvalue weighted by Crippen LogP contribution is 2.53. The summed E-state index contributed by atoms with van der Waals surface area (Å²) in [6.45, 7) is 0.723. The van der Waals surface area contributed by atoms with Crippen LogP contribution in [0.25, 0.3) is 0 Å². The molecule has 2 amide bonds. The normalized spacial score (nSPS) is 11.0. The minimum absolute atomic E-state index is 0.723. The molecule has 4 aromatic carbocycles. The number of hydrogen-bond donors (Lipinski definition) is 4. The van der Waals surface area contributed by atoms with E-state index in [4.69, 9.17) is 67.5 Å². The van der Waals surface area contributed by atoms with Crippen molar-refractivity contribution in [3.63, 3.8) is 0 Å². The molecule has 4 aromatic rings. The highest BCUT2D eigenvalue weighted by Gasteiger charge is 2.38. The molecule has 4 N–H and O–H groups in total. The SMILES string of the molecule is CNC(=O)c1c(F)c(Oc2c(Cl)c(Cl)c(Oc3c(F)c(F)c(C(=O)O)c(C(=O)Nc4c(F)c(C)c(F)c(Cl)c4F)c3F)c(Cl)c2Cl)c(F)c(F)c1C(=O)O. The van der Waals surface area contributed by atoms with E-state index in [1.165, 1.54) is 5.32 Å². The number of carboxylic acid groups (broad SMARTS) is 2. The Morgan fingerprint density at radius 3 is 1.20 bits per heavy atom. The summed E-state index contributed by atoms with van der Waals surface area (Å²) in [4.78, 5) is 48.5. The number of hydrogen-bond acceptors (Lipinski definition) is 6. The Hall–Kier alpha value is -4.82. The summed E-state index contributed by atoms with van der Waals surface area (Å²) in [6, 6.07) is 0. The lowest BCUT2D eigenvalue weighted by Gasteiger charge is -2.20. The van der Waals surface area contributed by atoms with Gasteiger partial charge in [0.25, 0.3) is 11.8 Å². The first-order valence-electron chi connectivity index (χ1n) is 13.5. The molecule has 0 aliphatic carbocycles. The van der Waals surface area contributed by atoms with Crippen LogP contribution in [-0.2, 0) is 0 Å². The summed E-state index contributed by atoms with van der Waals surface area (Å²) in [5, 5.41) is 15.8. The van der Waals surface area contributed by atoms with Gasteiger partial charge in [-0.05, 0) is 6.92 Å². The number of aromatic carboxylic acids is 2. The summed E-state index contributed by atoms with van der Waals surface area (Å²) < 4.78 is 144. The number of carboxylic acids is 2. The van der Waals surface area contributed by atoms with Crippen LogP contribution in [0.1, 0.15) is 47.0 Å². The van der Waals surface area contributed by atoms with Crippen molar-refractivity contribution in [1.82, 2.24) is 5.32 Å². The maximum absolute atomic E-state index is 15.9. The summed E-state index contributed by atoms with van der Waals surface area (Å²) >= 11 is 29.7. The van der Waals surface area contributed by atoms with Crippen LogP contribution in [0.3, 0.4) is 0 Å². The standard InChI is InChI=1S/C30H10Cl5F9N2O8/c1-3-13(36)12(35)19(42)22(14(3)37)46-28(48)5-7(30(51)52)16(39)21(44)26(18(5)41)54-24-10(33)8(31)23(9(32)11(24)34)53-25-17(40)4(27(47)45-2)6(29(49)50)15(38)20(25)43/h1-2H3,(H,45,47)(H,46,48)(H,49,50)(H,51,52). The summed E-state index contributed by atoms with van der Waals surface area (Å²) in [5.41, 5.74) is -9.99. The van der Waals surface area contributed by atoms with Crippen LogP contribution < -0.4 is 20.1 Å². The fraction of sp³-hybridized carbons (Fsp3) is 0.0667. The van der Waals surface area contributed by atoms with Crippen LogP contribution >= 0.6 is 58.0 Å². The molecule has 0 spiro atoms. The third-order valence-corrected chi connectivity index (χ3v) is 8.95. The van der Waals surface area contributed by atoms with Crippen molar-refractivity contribution >= 4 is 87.4 Å². The van der Waals surface area contributed by atoms with E-state index < -0.39 is 158 Å². The Labute approximate surface area is 317 Å². The second kappa shape index (κ2) is 15.5.